The van der Waals surface area contributed by atoms with Crippen LogP contribution in [0.1, 0.15) is 11.3 Å². The smallest absolute Gasteiger partial charge is 0.270 e. The Morgan fingerprint density at radius 2 is 1.87 bits per heavy atom. The third-order valence-electron chi connectivity index (χ3n) is 4.47. The first-order chi connectivity index (χ1) is 15.1. The Morgan fingerprint density at radius 3 is 2.61 bits per heavy atom. The summed E-state index contributed by atoms with van der Waals surface area (Å²) in [5.41, 5.74) is 2.79. The van der Waals surface area contributed by atoms with Crippen molar-refractivity contribution in [1.29, 1.82) is 5.26 Å². The SMILES string of the molecule is N#Cc1c(-c2cccc(NCc3ccccn3)c2)nc(Nc2ccc(Cl)cc2)[nH]c1=O. The summed E-state index contributed by atoms with van der Waals surface area (Å²) in [6.07, 6.45) is 1.74. The number of nitrogens with one attached hydrogen (secondary N) is 3. The molecule has 0 saturated carbocycles. The highest BCUT2D eigenvalue weighted by atomic mass is 35.5. The number of aromatic nitrogens is 3. The van der Waals surface area contributed by atoms with Crippen molar-refractivity contribution < 1.29 is 0 Å². The van der Waals surface area contributed by atoms with Gasteiger partial charge in [-0.3, -0.25) is 14.8 Å². The molecule has 0 bridgehead atoms. The zero-order valence-electron chi connectivity index (χ0n) is 16.3. The van der Waals surface area contributed by atoms with Crippen LogP contribution in [0.25, 0.3) is 11.3 Å². The molecule has 2 aromatic heterocycles. The van der Waals surface area contributed by atoms with Crippen LogP contribution in [0, 0.1) is 11.3 Å². The number of rotatable bonds is 6. The molecule has 0 radical (unpaired) electrons. The van der Waals surface area contributed by atoms with Gasteiger partial charge in [0.15, 0.2) is 0 Å². The van der Waals surface area contributed by atoms with E-state index in [2.05, 4.69) is 25.6 Å². The second kappa shape index (κ2) is 9.11. The highest BCUT2D eigenvalue weighted by molar-refractivity contribution is 6.30. The van der Waals surface area contributed by atoms with Gasteiger partial charge in [0.05, 0.1) is 17.9 Å². The summed E-state index contributed by atoms with van der Waals surface area (Å²) in [6.45, 7) is 0.543. The van der Waals surface area contributed by atoms with Gasteiger partial charge in [0.25, 0.3) is 5.56 Å². The number of hydrogen-bond acceptors (Lipinski definition) is 6. The Bertz CT molecular complexity index is 1300. The van der Waals surface area contributed by atoms with Gasteiger partial charge in [-0.15, -0.1) is 0 Å². The number of benzene rings is 2. The number of halogens is 1. The molecule has 0 fully saturated rings. The van der Waals surface area contributed by atoms with Crippen molar-refractivity contribution in [1.82, 2.24) is 15.0 Å². The maximum Gasteiger partial charge on any atom is 0.270 e. The number of nitriles is 1. The Balaban J connectivity index is 1.64. The molecule has 3 N–H and O–H groups in total. The lowest BCUT2D eigenvalue weighted by molar-refractivity contribution is 1.05. The van der Waals surface area contributed by atoms with E-state index >= 15 is 0 Å². The lowest BCUT2D eigenvalue weighted by Crippen LogP contribution is -2.16. The molecule has 0 unspecified atom stereocenters. The molecule has 2 heterocycles. The molecule has 152 valence electrons. The van der Waals surface area contributed by atoms with Crippen molar-refractivity contribution in [2.75, 3.05) is 10.6 Å². The number of H-pyrrole nitrogens is 1. The van der Waals surface area contributed by atoms with E-state index in [1.807, 2.05) is 42.5 Å². The van der Waals surface area contributed by atoms with Gasteiger partial charge in [-0.05, 0) is 48.5 Å². The molecule has 0 aliphatic heterocycles. The number of hydrogen-bond donors (Lipinski definition) is 3. The van der Waals surface area contributed by atoms with Gasteiger partial charge in [0, 0.05) is 28.2 Å². The fourth-order valence-corrected chi connectivity index (χ4v) is 3.11. The standard InChI is InChI=1S/C23H17ClN6O/c24-16-7-9-17(10-8-16)28-23-29-21(20(13-25)22(31)30-23)15-4-3-6-18(12-15)27-14-19-5-1-2-11-26-19/h1-12,27H,14H2,(H2,28,29,30,31). The van der Waals surface area contributed by atoms with Crippen LogP contribution in [0.3, 0.4) is 0 Å². The highest BCUT2D eigenvalue weighted by Crippen LogP contribution is 2.25. The second-order valence-corrected chi connectivity index (χ2v) is 7.07. The van der Waals surface area contributed by atoms with E-state index in [-0.39, 0.29) is 11.5 Å². The summed E-state index contributed by atoms with van der Waals surface area (Å²) >= 11 is 5.92. The quantitative estimate of drug-likeness (QED) is 0.410. The van der Waals surface area contributed by atoms with Crippen LogP contribution in [0.2, 0.25) is 5.02 Å². The van der Waals surface area contributed by atoms with Crippen LogP contribution in [0.5, 0.6) is 0 Å². The number of anilines is 3. The summed E-state index contributed by atoms with van der Waals surface area (Å²) in [5.74, 6) is 0.230. The van der Waals surface area contributed by atoms with E-state index in [4.69, 9.17) is 11.6 Å². The van der Waals surface area contributed by atoms with E-state index in [9.17, 15) is 10.1 Å². The minimum absolute atomic E-state index is 0.0523. The van der Waals surface area contributed by atoms with Gasteiger partial charge in [-0.1, -0.05) is 29.8 Å². The average Bonchev–Trinajstić information content (AvgIpc) is 2.80. The minimum atomic E-state index is -0.518. The summed E-state index contributed by atoms with van der Waals surface area (Å²) in [5, 5.41) is 16.5. The van der Waals surface area contributed by atoms with Gasteiger partial charge < -0.3 is 10.6 Å². The largest absolute Gasteiger partial charge is 0.379 e. The molecule has 0 aliphatic carbocycles. The molecule has 4 aromatic rings. The van der Waals surface area contributed by atoms with Crippen molar-refractivity contribution in [2.45, 2.75) is 6.54 Å². The lowest BCUT2D eigenvalue weighted by Gasteiger charge is -2.11. The molecule has 8 heteroatoms. The predicted octanol–water partition coefficient (Wildman–Crippen LogP) is 4.71. The van der Waals surface area contributed by atoms with Crippen LogP contribution >= 0.6 is 11.6 Å². The van der Waals surface area contributed by atoms with Crippen LogP contribution in [-0.2, 0) is 6.54 Å². The first kappa shape index (κ1) is 20.1. The molecule has 2 aromatic carbocycles. The second-order valence-electron chi connectivity index (χ2n) is 6.64. The molecular formula is C23H17ClN6O. The predicted molar refractivity (Wildman–Crippen MR) is 121 cm³/mol. The first-order valence-electron chi connectivity index (χ1n) is 9.43. The van der Waals surface area contributed by atoms with Crippen molar-refractivity contribution in [3.05, 3.63) is 99.6 Å². The number of nitrogens with zero attached hydrogens (tertiary/aromatic N) is 3. The Morgan fingerprint density at radius 1 is 1.03 bits per heavy atom. The first-order valence-corrected chi connectivity index (χ1v) is 9.81. The van der Waals surface area contributed by atoms with Gasteiger partial charge in [-0.2, -0.15) is 5.26 Å². The number of aromatic amines is 1. The third-order valence-corrected chi connectivity index (χ3v) is 4.73. The third kappa shape index (κ3) is 4.89. The normalized spacial score (nSPS) is 10.3. The van der Waals surface area contributed by atoms with E-state index < -0.39 is 5.56 Å². The van der Waals surface area contributed by atoms with E-state index in [0.29, 0.717) is 28.5 Å². The summed E-state index contributed by atoms with van der Waals surface area (Å²) in [6, 6.07) is 22.0. The van der Waals surface area contributed by atoms with Crippen LogP contribution < -0.4 is 16.2 Å². The van der Waals surface area contributed by atoms with Crippen molar-refractivity contribution >= 4 is 28.9 Å². The van der Waals surface area contributed by atoms with Gasteiger partial charge >= 0.3 is 0 Å². The molecule has 0 amide bonds. The molecule has 0 saturated heterocycles. The molecular weight excluding hydrogens is 412 g/mol. The van der Waals surface area contributed by atoms with Crippen molar-refractivity contribution in [2.24, 2.45) is 0 Å². The summed E-state index contributed by atoms with van der Waals surface area (Å²) in [7, 11) is 0. The zero-order chi connectivity index (χ0) is 21.6. The summed E-state index contributed by atoms with van der Waals surface area (Å²) < 4.78 is 0. The highest BCUT2D eigenvalue weighted by Gasteiger charge is 2.14. The van der Waals surface area contributed by atoms with Gasteiger partial charge in [0.2, 0.25) is 5.95 Å². The molecule has 0 atom stereocenters. The van der Waals surface area contributed by atoms with Crippen molar-refractivity contribution in [3.8, 4) is 17.3 Å². The number of pyridine rings is 1. The van der Waals surface area contributed by atoms with E-state index in [1.165, 1.54) is 0 Å². The van der Waals surface area contributed by atoms with Crippen LogP contribution in [-0.4, -0.2) is 15.0 Å². The molecule has 0 spiro atoms. The Hall–Kier alpha value is -4.15. The fraction of sp³-hybridized carbons (Fsp3) is 0.0435. The maximum absolute atomic E-state index is 12.5. The molecule has 0 aliphatic rings. The minimum Gasteiger partial charge on any atom is -0.379 e. The molecule has 31 heavy (non-hydrogen) atoms. The Kier molecular flexibility index (Phi) is 5.92. The van der Waals surface area contributed by atoms with Crippen LogP contribution in [0.4, 0.5) is 17.3 Å². The van der Waals surface area contributed by atoms with E-state index in [0.717, 1.165) is 11.4 Å². The van der Waals surface area contributed by atoms with Crippen molar-refractivity contribution in [3.63, 3.8) is 0 Å². The van der Waals surface area contributed by atoms with Gasteiger partial charge in [-0.25, -0.2) is 4.98 Å². The maximum atomic E-state index is 12.5. The van der Waals surface area contributed by atoms with Gasteiger partial charge in [0.1, 0.15) is 11.6 Å². The molecule has 4 rings (SSSR count). The molecule has 7 nitrogen and oxygen atoms in total. The average molecular weight is 429 g/mol. The fourth-order valence-electron chi connectivity index (χ4n) is 2.99. The topological polar surface area (TPSA) is 106 Å². The van der Waals surface area contributed by atoms with E-state index in [1.54, 1.807) is 36.5 Å². The summed E-state index contributed by atoms with van der Waals surface area (Å²) in [4.78, 5) is 23.9. The monoisotopic (exact) mass is 428 g/mol. The lowest BCUT2D eigenvalue weighted by atomic mass is 10.1. The van der Waals surface area contributed by atoms with Crippen LogP contribution in [0.15, 0.2) is 77.7 Å². The zero-order valence-corrected chi connectivity index (χ0v) is 17.0. The Labute approximate surface area is 183 Å².